The molecule has 0 bridgehead atoms. The van der Waals surface area contributed by atoms with E-state index < -0.39 is 28.1 Å². The molecule has 0 spiro atoms. The molecule has 8 heteroatoms. The van der Waals surface area contributed by atoms with Gasteiger partial charge in [-0.3, -0.25) is 4.79 Å². The number of amides is 1. The van der Waals surface area contributed by atoms with E-state index in [1.165, 1.54) is 24.3 Å². The van der Waals surface area contributed by atoms with Crippen LogP contribution in [0.15, 0.2) is 114 Å². The number of para-hydroxylation sites is 1. The van der Waals surface area contributed by atoms with Crippen LogP contribution in [-0.4, -0.2) is 18.6 Å². The predicted molar refractivity (Wildman–Crippen MR) is 138 cm³/mol. The lowest BCUT2D eigenvalue weighted by Crippen LogP contribution is -2.37. The summed E-state index contributed by atoms with van der Waals surface area (Å²) in [7, 11) is -4.24. The highest BCUT2D eigenvalue weighted by atomic mass is 35.5. The molecule has 4 aromatic rings. The van der Waals surface area contributed by atoms with Crippen molar-refractivity contribution in [1.82, 2.24) is 4.31 Å². The lowest BCUT2D eigenvalue weighted by molar-refractivity contribution is -0.125. The summed E-state index contributed by atoms with van der Waals surface area (Å²) >= 11 is 12.1. The summed E-state index contributed by atoms with van der Waals surface area (Å²) in [6.07, 6.45) is -0.937. The van der Waals surface area contributed by atoms with E-state index >= 15 is 0 Å². The monoisotopic (exact) mass is 522 g/mol. The predicted octanol–water partition coefficient (Wildman–Crippen LogP) is 6.47. The van der Waals surface area contributed by atoms with Crippen molar-refractivity contribution < 1.29 is 13.2 Å². The Morgan fingerprint density at radius 2 is 1.14 bits per heavy atom. The number of hydrogen-bond acceptors (Lipinski definition) is 4. The molecule has 1 heterocycles. The first-order chi connectivity index (χ1) is 16.9. The fourth-order valence-electron chi connectivity index (χ4n) is 4.34. The SMILES string of the molecule is O=C1[C@@H](c2ccccc2)N(c2ccccc2)[C@H](c2ccc(Cl)cc2)N1S(=O)(=O)c1ccc(Cl)cc1. The van der Waals surface area contributed by atoms with Gasteiger partial charge in [0.05, 0.1) is 4.90 Å². The average molecular weight is 523 g/mol. The molecule has 176 valence electrons. The Bertz CT molecular complexity index is 1450. The van der Waals surface area contributed by atoms with Gasteiger partial charge in [-0.15, -0.1) is 0 Å². The first-order valence-electron chi connectivity index (χ1n) is 10.9. The molecule has 0 N–H and O–H groups in total. The van der Waals surface area contributed by atoms with Crippen LogP contribution in [0.1, 0.15) is 23.3 Å². The third kappa shape index (κ3) is 4.29. The Morgan fingerprint density at radius 3 is 1.71 bits per heavy atom. The minimum absolute atomic E-state index is 0.0177. The van der Waals surface area contributed by atoms with Crippen LogP contribution in [0.4, 0.5) is 5.69 Å². The Hall–Kier alpha value is -3.32. The Balaban J connectivity index is 1.76. The van der Waals surface area contributed by atoms with E-state index in [2.05, 4.69) is 0 Å². The van der Waals surface area contributed by atoms with Gasteiger partial charge in [0.25, 0.3) is 15.9 Å². The number of hydrogen-bond donors (Lipinski definition) is 0. The minimum Gasteiger partial charge on any atom is -0.330 e. The topological polar surface area (TPSA) is 57.7 Å². The van der Waals surface area contributed by atoms with Crippen LogP contribution in [0.25, 0.3) is 0 Å². The minimum atomic E-state index is -4.24. The van der Waals surface area contributed by atoms with Crippen molar-refractivity contribution in [2.75, 3.05) is 4.90 Å². The smallest absolute Gasteiger partial charge is 0.268 e. The van der Waals surface area contributed by atoms with Crippen LogP contribution >= 0.6 is 23.2 Å². The van der Waals surface area contributed by atoms with Crippen LogP contribution in [0.2, 0.25) is 10.0 Å². The average Bonchev–Trinajstić information content (AvgIpc) is 3.19. The number of carbonyl (C=O) groups is 1. The third-order valence-electron chi connectivity index (χ3n) is 5.92. The highest BCUT2D eigenvalue weighted by Crippen LogP contribution is 2.47. The number of halogens is 2. The van der Waals surface area contributed by atoms with Crippen LogP contribution in [0.3, 0.4) is 0 Å². The molecule has 0 radical (unpaired) electrons. The van der Waals surface area contributed by atoms with Gasteiger partial charge in [0.1, 0.15) is 12.2 Å². The Kier molecular flexibility index (Phi) is 6.28. The van der Waals surface area contributed by atoms with Gasteiger partial charge in [-0.05, 0) is 59.7 Å². The quantitative estimate of drug-likeness (QED) is 0.301. The maximum atomic E-state index is 14.1. The Morgan fingerprint density at radius 1 is 0.629 bits per heavy atom. The summed E-state index contributed by atoms with van der Waals surface area (Å²) in [5, 5.41) is 0.912. The summed E-state index contributed by atoms with van der Waals surface area (Å²) in [5.74, 6) is -0.546. The van der Waals surface area contributed by atoms with Crippen molar-refractivity contribution in [3.8, 4) is 0 Å². The molecule has 1 saturated heterocycles. The number of anilines is 1. The fourth-order valence-corrected chi connectivity index (χ4v) is 6.13. The molecule has 4 aromatic carbocycles. The van der Waals surface area contributed by atoms with Gasteiger partial charge in [-0.1, -0.05) is 83.9 Å². The van der Waals surface area contributed by atoms with Crippen molar-refractivity contribution in [2.45, 2.75) is 17.1 Å². The lowest BCUT2D eigenvalue weighted by atomic mass is 10.0. The number of rotatable bonds is 5. The zero-order valence-corrected chi connectivity index (χ0v) is 20.7. The van der Waals surface area contributed by atoms with Gasteiger partial charge < -0.3 is 4.90 Å². The molecule has 0 unspecified atom stereocenters. The van der Waals surface area contributed by atoms with Crippen molar-refractivity contribution >= 4 is 44.8 Å². The number of nitrogens with zero attached hydrogens (tertiary/aromatic N) is 2. The van der Waals surface area contributed by atoms with E-state index in [4.69, 9.17) is 23.2 Å². The molecule has 0 saturated carbocycles. The number of sulfonamides is 1. The first kappa shape index (κ1) is 23.4. The van der Waals surface area contributed by atoms with E-state index in [-0.39, 0.29) is 4.90 Å². The van der Waals surface area contributed by atoms with E-state index in [9.17, 15) is 13.2 Å². The molecule has 0 aliphatic carbocycles. The molecule has 5 rings (SSSR count). The summed E-state index contributed by atoms with van der Waals surface area (Å²) in [6.45, 7) is 0. The van der Waals surface area contributed by atoms with Gasteiger partial charge in [0.15, 0.2) is 0 Å². The molecule has 35 heavy (non-hydrogen) atoms. The molecule has 1 aliphatic rings. The molecule has 2 atom stereocenters. The van der Waals surface area contributed by atoms with Gasteiger partial charge in [-0.2, -0.15) is 0 Å². The van der Waals surface area contributed by atoms with Crippen molar-refractivity contribution in [2.24, 2.45) is 0 Å². The summed E-state index contributed by atoms with van der Waals surface area (Å²) < 4.78 is 28.9. The van der Waals surface area contributed by atoms with Crippen molar-refractivity contribution in [1.29, 1.82) is 0 Å². The van der Waals surface area contributed by atoms with Gasteiger partial charge in [-0.25, -0.2) is 12.7 Å². The molecule has 1 fully saturated rings. The molecule has 1 aliphatic heterocycles. The zero-order valence-electron chi connectivity index (χ0n) is 18.3. The third-order valence-corrected chi connectivity index (χ3v) is 8.19. The second-order valence-electron chi connectivity index (χ2n) is 8.07. The highest BCUT2D eigenvalue weighted by Gasteiger charge is 2.53. The maximum absolute atomic E-state index is 14.1. The second kappa shape index (κ2) is 9.38. The van der Waals surface area contributed by atoms with Gasteiger partial charge >= 0.3 is 0 Å². The van der Waals surface area contributed by atoms with Crippen LogP contribution < -0.4 is 4.90 Å². The van der Waals surface area contributed by atoms with E-state index in [1.54, 1.807) is 24.3 Å². The summed E-state index contributed by atoms with van der Waals surface area (Å²) in [4.78, 5) is 15.9. The number of benzene rings is 4. The largest absolute Gasteiger partial charge is 0.330 e. The van der Waals surface area contributed by atoms with Crippen LogP contribution in [-0.2, 0) is 14.8 Å². The normalized spacial score (nSPS) is 18.2. The van der Waals surface area contributed by atoms with Gasteiger partial charge in [0, 0.05) is 15.7 Å². The van der Waals surface area contributed by atoms with Gasteiger partial charge in [0.2, 0.25) is 0 Å². The highest BCUT2D eigenvalue weighted by molar-refractivity contribution is 7.89. The molecule has 0 aromatic heterocycles. The Labute approximate surface area is 214 Å². The second-order valence-corrected chi connectivity index (χ2v) is 10.8. The zero-order chi connectivity index (χ0) is 24.6. The van der Waals surface area contributed by atoms with E-state index in [1.807, 2.05) is 65.6 Å². The molecule has 1 amide bonds. The van der Waals surface area contributed by atoms with Crippen LogP contribution in [0, 0.1) is 0 Å². The summed E-state index contributed by atoms with van der Waals surface area (Å²) in [5.41, 5.74) is 2.01. The first-order valence-corrected chi connectivity index (χ1v) is 13.1. The summed E-state index contributed by atoms with van der Waals surface area (Å²) in [6, 6.07) is 30.3. The number of carbonyl (C=O) groups excluding carboxylic acids is 1. The van der Waals surface area contributed by atoms with E-state index in [0.717, 1.165) is 4.31 Å². The van der Waals surface area contributed by atoms with Crippen molar-refractivity contribution in [3.05, 3.63) is 130 Å². The fraction of sp³-hybridized carbons (Fsp3) is 0.0741. The molecular weight excluding hydrogens is 503 g/mol. The van der Waals surface area contributed by atoms with Crippen LogP contribution in [0.5, 0.6) is 0 Å². The maximum Gasteiger partial charge on any atom is 0.268 e. The van der Waals surface area contributed by atoms with E-state index in [0.29, 0.717) is 26.9 Å². The molecule has 5 nitrogen and oxygen atoms in total. The van der Waals surface area contributed by atoms with Crippen molar-refractivity contribution in [3.63, 3.8) is 0 Å². The molecular formula is C27H20Cl2N2O3S. The lowest BCUT2D eigenvalue weighted by Gasteiger charge is -2.33. The standard InChI is InChI=1S/C27H20Cl2N2O3S/c28-21-13-11-20(12-14-21)26-30(23-9-5-2-6-10-23)25(19-7-3-1-4-8-19)27(32)31(26)35(33,34)24-17-15-22(29)16-18-24/h1-18,25-26H/t25-,26+/m1/s1.